The van der Waals surface area contributed by atoms with Gasteiger partial charge in [-0.15, -0.1) is 12.6 Å². The number of hydrogen-bond acceptors (Lipinski definition) is 3. The predicted molar refractivity (Wildman–Crippen MR) is 58.2 cm³/mol. The molecular formula is C11H10O2S. The van der Waals surface area contributed by atoms with Gasteiger partial charge in [0.1, 0.15) is 5.58 Å². The van der Waals surface area contributed by atoms with Gasteiger partial charge in [0.05, 0.1) is 0 Å². The van der Waals surface area contributed by atoms with Gasteiger partial charge in [-0.25, -0.2) is 0 Å². The molecule has 0 radical (unpaired) electrons. The van der Waals surface area contributed by atoms with Gasteiger partial charge >= 0.3 is 0 Å². The van der Waals surface area contributed by atoms with E-state index in [2.05, 4.69) is 12.6 Å². The standard InChI is InChI=1S/C11H10O2S/c1-6-9-4-3-8(14)5-10(9)13-11(6)7(2)12/h3-5,14H,1-2H3. The maximum absolute atomic E-state index is 11.2. The van der Waals surface area contributed by atoms with E-state index in [0.717, 1.165) is 21.4 Å². The molecular weight excluding hydrogens is 196 g/mol. The molecule has 3 heteroatoms. The van der Waals surface area contributed by atoms with Crippen LogP contribution in [0.4, 0.5) is 0 Å². The number of Topliss-reactive ketones (excluding diaryl/α,β-unsaturated/α-hetero) is 1. The summed E-state index contributed by atoms with van der Waals surface area (Å²) in [5.74, 6) is 0.401. The van der Waals surface area contributed by atoms with Crippen LogP contribution in [0.15, 0.2) is 27.5 Å². The third-order valence-corrected chi connectivity index (χ3v) is 2.52. The van der Waals surface area contributed by atoms with E-state index in [0.29, 0.717) is 5.76 Å². The van der Waals surface area contributed by atoms with Gasteiger partial charge in [0, 0.05) is 22.8 Å². The van der Waals surface area contributed by atoms with Gasteiger partial charge in [-0.05, 0) is 25.1 Å². The molecule has 0 aliphatic carbocycles. The molecule has 0 fully saturated rings. The predicted octanol–water partition coefficient (Wildman–Crippen LogP) is 3.23. The van der Waals surface area contributed by atoms with Crippen molar-refractivity contribution in [2.75, 3.05) is 0 Å². The quantitative estimate of drug-likeness (QED) is 0.573. The van der Waals surface area contributed by atoms with E-state index in [1.54, 1.807) is 0 Å². The second-order valence-electron chi connectivity index (χ2n) is 3.29. The molecule has 0 bridgehead atoms. The van der Waals surface area contributed by atoms with Gasteiger partial charge in [-0.2, -0.15) is 0 Å². The van der Waals surface area contributed by atoms with E-state index in [-0.39, 0.29) is 5.78 Å². The molecule has 2 nitrogen and oxygen atoms in total. The van der Waals surface area contributed by atoms with Crippen molar-refractivity contribution in [3.8, 4) is 0 Å². The van der Waals surface area contributed by atoms with Gasteiger partial charge in [-0.1, -0.05) is 0 Å². The van der Waals surface area contributed by atoms with Gasteiger partial charge in [0.25, 0.3) is 0 Å². The summed E-state index contributed by atoms with van der Waals surface area (Å²) in [5.41, 5.74) is 1.63. The summed E-state index contributed by atoms with van der Waals surface area (Å²) in [6.45, 7) is 3.40. The minimum absolute atomic E-state index is 0.0422. The van der Waals surface area contributed by atoms with E-state index < -0.39 is 0 Å². The molecule has 14 heavy (non-hydrogen) atoms. The van der Waals surface area contributed by atoms with Crippen LogP contribution in [0.5, 0.6) is 0 Å². The molecule has 0 saturated carbocycles. The van der Waals surface area contributed by atoms with Gasteiger partial charge in [0.15, 0.2) is 11.5 Å². The Morgan fingerprint density at radius 2 is 2.14 bits per heavy atom. The highest BCUT2D eigenvalue weighted by molar-refractivity contribution is 7.80. The van der Waals surface area contributed by atoms with E-state index in [4.69, 9.17) is 4.42 Å². The fraction of sp³-hybridized carbons (Fsp3) is 0.182. The van der Waals surface area contributed by atoms with Gasteiger partial charge < -0.3 is 4.42 Å². The second-order valence-corrected chi connectivity index (χ2v) is 3.81. The molecule has 72 valence electrons. The first-order chi connectivity index (χ1) is 6.59. The first-order valence-corrected chi connectivity index (χ1v) is 4.77. The number of benzene rings is 1. The Bertz CT molecular complexity index is 511. The minimum Gasteiger partial charge on any atom is -0.453 e. The number of ketones is 1. The molecule has 2 rings (SSSR count). The highest BCUT2D eigenvalue weighted by atomic mass is 32.1. The lowest BCUT2D eigenvalue weighted by Gasteiger charge is -1.90. The molecule has 0 amide bonds. The number of hydrogen-bond donors (Lipinski definition) is 1. The van der Waals surface area contributed by atoms with Crippen molar-refractivity contribution in [2.45, 2.75) is 18.7 Å². The van der Waals surface area contributed by atoms with Crippen LogP contribution in [0, 0.1) is 6.92 Å². The average molecular weight is 206 g/mol. The molecule has 0 unspecified atom stereocenters. The summed E-state index contributed by atoms with van der Waals surface area (Å²) < 4.78 is 5.44. The number of furan rings is 1. The Labute approximate surface area is 87.3 Å². The summed E-state index contributed by atoms with van der Waals surface area (Å²) in [6.07, 6.45) is 0. The summed E-state index contributed by atoms with van der Waals surface area (Å²) in [7, 11) is 0. The number of rotatable bonds is 1. The van der Waals surface area contributed by atoms with Crippen molar-refractivity contribution in [1.29, 1.82) is 0 Å². The minimum atomic E-state index is -0.0422. The van der Waals surface area contributed by atoms with E-state index in [1.165, 1.54) is 6.92 Å². The number of carbonyl (C=O) groups excluding carboxylic acids is 1. The van der Waals surface area contributed by atoms with Crippen LogP contribution in [0.3, 0.4) is 0 Å². The number of carbonyl (C=O) groups is 1. The van der Waals surface area contributed by atoms with Gasteiger partial charge in [-0.3, -0.25) is 4.79 Å². The number of aryl methyl sites for hydroxylation is 1. The van der Waals surface area contributed by atoms with Crippen LogP contribution in [0.2, 0.25) is 0 Å². The smallest absolute Gasteiger partial charge is 0.195 e. The molecule has 0 saturated heterocycles. The van der Waals surface area contributed by atoms with E-state index in [9.17, 15) is 4.79 Å². The monoisotopic (exact) mass is 206 g/mol. The fourth-order valence-electron chi connectivity index (χ4n) is 1.55. The first-order valence-electron chi connectivity index (χ1n) is 4.32. The molecule has 0 spiro atoms. The zero-order chi connectivity index (χ0) is 10.3. The third kappa shape index (κ3) is 1.34. The van der Waals surface area contributed by atoms with Crippen LogP contribution in [-0.4, -0.2) is 5.78 Å². The van der Waals surface area contributed by atoms with Crippen molar-refractivity contribution in [3.63, 3.8) is 0 Å². The third-order valence-electron chi connectivity index (χ3n) is 2.24. The zero-order valence-corrected chi connectivity index (χ0v) is 8.89. The summed E-state index contributed by atoms with van der Waals surface area (Å²) >= 11 is 4.21. The lowest BCUT2D eigenvalue weighted by molar-refractivity contribution is 0.0988. The van der Waals surface area contributed by atoms with E-state index in [1.807, 2.05) is 25.1 Å². The lowest BCUT2D eigenvalue weighted by atomic mass is 10.1. The van der Waals surface area contributed by atoms with Crippen LogP contribution >= 0.6 is 12.6 Å². The SMILES string of the molecule is CC(=O)c1oc2cc(S)ccc2c1C. The molecule has 1 aromatic carbocycles. The first kappa shape index (κ1) is 9.34. The van der Waals surface area contributed by atoms with E-state index >= 15 is 0 Å². The molecule has 1 aromatic heterocycles. The fourth-order valence-corrected chi connectivity index (χ4v) is 1.74. The topological polar surface area (TPSA) is 30.2 Å². The Morgan fingerprint density at radius 3 is 2.79 bits per heavy atom. The van der Waals surface area contributed by atoms with Gasteiger partial charge in [0.2, 0.25) is 0 Å². The van der Waals surface area contributed by atoms with Crippen molar-refractivity contribution < 1.29 is 9.21 Å². The Balaban J connectivity index is 2.79. The molecule has 0 N–H and O–H groups in total. The summed E-state index contributed by atoms with van der Waals surface area (Å²) in [4.78, 5) is 12.0. The zero-order valence-electron chi connectivity index (χ0n) is 8.00. The summed E-state index contributed by atoms with van der Waals surface area (Å²) in [6, 6.07) is 5.62. The normalized spacial score (nSPS) is 10.8. The van der Waals surface area contributed by atoms with Crippen LogP contribution in [-0.2, 0) is 0 Å². The average Bonchev–Trinajstić information content (AvgIpc) is 2.43. The molecule has 0 aliphatic rings. The lowest BCUT2D eigenvalue weighted by Crippen LogP contribution is -1.90. The highest BCUT2D eigenvalue weighted by Gasteiger charge is 2.13. The second kappa shape index (κ2) is 3.17. The van der Waals surface area contributed by atoms with Crippen molar-refractivity contribution in [3.05, 3.63) is 29.5 Å². The molecule has 2 aromatic rings. The van der Waals surface area contributed by atoms with Crippen molar-refractivity contribution >= 4 is 29.4 Å². The Hall–Kier alpha value is -1.22. The maximum atomic E-state index is 11.2. The largest absolute Gasteiger partial charge is 0.453 e. The Kier molecular flexibility index (Phi) is 2.11. The summed E-state index contributed by atoms with van der Waals surface area (Å²) in [5, 5.41) is 0.980. The van der Waals surface area contributed by atoms with Crippen LogP contribution in [0.25, 0.3) is 11.0 Å². The molecule has 0 atom stereocenters. The Morgan fingerprint density at radius 1 is 1.43 bits per heavy atom. The number of thiol groups is 1. The van der Waals surface area contributed by atoms with Crippen molar-refractivity contribution in [2.24, 2.45) is 0 Å². The number of fused-ring (bicyclic) bond motifs is 1. The van der Waals surface area contributed by atoms with Crippen LogP contribution < -0.4 is 0 Å². The van der Waals surface area contributed by atoms with Crippen LogP contribution in [0.1, 0.15) is 23.0 Å². The maximum Gasteiger partial charge on any atom is 0.195 e. The molecule has 0 aliphatic heterocycles. The molecule has 1 heterocycles. The highest BCUT2D eigenvalue weighted by Crippen LogP contribution is 2.27. The van der Waals surface area contributed by atoms with Crippen molar-refractivity contribution in [1.82, 2.24) is 0 Å².